The number of anilines is 1. The molecule has 19 heavy (non-hydrogen) atoms. The number of aliphatic hydroxyl groups is 1. The lowest BCUT2D eigenvalue weighted by atomic mass is 10.1. The van der Waals surface area contributed by atoms with Gasteiger partial charge in [-0.25, -0.2) is 4.68 Å². The van der Waals surface area contributed by atoms with Gasteiger partial charge in [-0.1, -0.05) is 11.6 Å². The highest BCUT2D eigenvalue weighted by Crippen LogP contribution is 2.36. The maximum Gasteiger partial charge on any atom is 0.287 e. The number of nitrogens with zero attached hydrogens (tertiary/aromatic N) is 3. The Morgan fingerprint density at radius 1 is 1.68 bits per heavy atom. The third kappa shape index (κ3) is 2.91. The lowest BCUT2D eigenvalue weighted by Crippen LogP contribution is -2.41. The molecule has 0 amide bonds. The second-order valence-electron chi connectivity index (χ2n) is 4.85. The van der Waals surface area contributed by atoms with Crippen LogP contribution in [0.25, 0.3) is 0 Å². The summed E-state index contributed by atoms with van der Waals surface area (Å²) in [6.07, 6.45) is 3.89. The van der Waals surface area contributed by atoms with Crippen molar-refractivity contribution < 1.29 is 5.11 Å². The second kappa shape index (κ2) is 5.90. The first kappa shape index (κ1) is 14.3. The minimum Gasteiger partial charge on any atom is -0.394 e. The summed E-state index contributed by atoms with van der Waals surface area (Å²) in [6, 6.07) is 0.187. The van der Waals surface area contributed by atoms with E-state index in [-0.39, 0.29) is 29.8 Å². The van der Waals surface area contributed by atoms with Crippen LogP contribution in [0, 0.1) is 5.92 Å². The molecule has 7 heteroatoms. The molecule has 106 valence electrons. The third-order valence-electron chi connectivity index (χ3n) is 3.56. The summed E-state index contributed by atoms with van der Waals surface area (Å²) in [5, 5.41) is 13.0. The van der Waals surface area contributed by atoms with Gasteiger partial charge in [-0.05, 0) is 18.8 Å². The number of likely N-dealkylation sites (N-methyl/N-ethyl adjacent to an activating group) is 1. The van der Waals surface area contributed by atoms with Crippen LogP contribution in [0.1, 0.15) is 12.8 Å². The number of nitrogens with two attached hydrogens (primary N) is 1. The third-order valence-corrected chi connectivity index (χ3v) is 3.92. The molecule has 0 radical (unpaired) electrons. The molecule has 0 bridgehead atoms. The topological polar surface area (TPSA) is 84.4 Å². The van der Waals surface area contributed by atoms with E-state index < -0.39 is 0 Å². The Bertz CT molecular complexity index is 501. The lowest BCUT2D eigenvalue weighted by Gasteiger charge is -2.29. The molecular weight excluding hydrogens is 268 g/mol. The van der Waals surface area contributed by atoms with Gasteiger partial charge in [0.15, 0.2) is 0 Å². The first-order valence-electron chi connectivity index (χ1n) is 6.39. The van der Waals surface area contributed by atoms with Crippen LogP contribution in [-0.4, -0.2) is 41.1 Å². The van der Waals surface area contributed by atoms with Crippen molar-refractivity contribution in [3.05, 3.63) is 21.6 Å². The highest BCUT2D eigenvalue weighted by atomic mass is 35.5. The van der Waals surface area contributed by atoms with Gasteiger partial charge in [-0.3, -0.25) is 4.79 Å². The number of rotatable bonds is 6. The Morgan fingerprint density at radius 3 is 2.89 bits per heavy atom. The van der Waals surface area contributed by atoms with Crippen LogP contribution >= 0.6 is 11.6 Å². The molecule has 1 atom stereocenters. The van der Waals surface area contributed by atoms with Crippen LogP contribution < -0.4 is 16.2 Å². The Kier molecular flexibility index (Phi) is 4.44. The Hall–Kier alpha value is -1.11. The normalized spacial score (nSPS) is 16.4. The summed E-state index contributed by atoms with van der Waals surface area (Å²) in [4.78, 5) is 13.9. The van der Waals surface area contributed by atoms with Crippen molar-refractivity contribution in [2.75, 3.05) is 25.1 Å². The van der Waals surface area contributed by atoms with Crippen LogP contribution in [0.4, 0.5) is 5.69 Å². The van der Waals surface area contributed by atoms with Gasteiger partial charge in [0.25, 0.3) is 5.56 Å². The Balaban J connectivity index is 2.29. The minimum atomic E-state index is -0.383. The van der Waals surface area contributed by atoms with Crippen molar-refractivity contribution in [3.63, 3.8) is 0 Å². The fourth-order valence-electron chi connectivity index (χ4n) is 2.28. The standard InChI is InChI=1S/C12H19ClN4O2/c1-16(9(6-14)8-2-3-8)10-7-15-17(4-5-18)12(19)11(10)13/h7-9,18H,2-6,14H2,1H3. The number of halogens is 1. The predicted molar refractivity (Wildman–Crippen MR) is 74.6 cm³/mol. The largest absolute Gasteiger partial charge is 0.394 e. The summed E-state index contributed by atoms with van der Waals surface area (Å²) in [5.41, 5.74) is 6.01. The van der Waals surface area contributed by atoms with Crippen LogP contribution in [-0.2, 0) is 6.54 Å². The molecule has 1 aromatic heterocycles. The van der Waals surface area contributed by atoms with Gasteiger partial charge in [-0.2, -0.15) is 5.10 Å². The van der Waals surface area contributed by atoms with E-state index in [1.54, 1.807) is 6.20 Å². The molecule has 1 aliphatic rings. The van der Waals surface area contributed by atoms with E-state index in [1.165, 1.54) is 12.8 Å². The van der Waals surface area contributed by atoms with Crippen molar-refractivity contribution in [1.29, 1.82) is 0 Å². The van der Waals surface area contributed by atoms with Gasteiger partial charge in [0.05, 0.1) is 25.0 Å². The quantitative estimate of drug-likeness (QED) is 0.773. The summed E-state index contributed by atoms with van der Waals surface area (Å²) in [7, 11) is 1.88. The SMILES string of the molecule is CN(c1cnn(CCO)c(=O)c1Cl)C(CN)C1CC1. The maximum absolute atomic E-state index is 12.0. The predicted octanol–water partition coefficient (Wildman–Crippen LogP) is 0.0625. The fourth-order valence-corrected chi connectivity index (χ4v) is 2.56. The van der Waals surface area contributed by atoms with Crippen LogP contribution in [0.5, 0.6) is 0 Å². The van der Waals surface area contributed by atoms with Gasteiger partial charge < -0.3 is 15.7 Å². The molecule has 1 fully saturated rings. The zero-order valence-electron chi connectivity index (χ0n) is 10.9. The van der Waals surface area contributed by atoms with E-state index in [1.807, 2.05) is 11.9 Å². The van der Waals surface area contributed by atoms with Gasteiger partial charge in [0.2, 0.25) is 0 Å². The molecule has 2 rings (SSSR count). The maximum atomic E-state index is 12.0. The molecule has 0 aromatic carbocycles. The van der Waals surface area contributed by atoms with Crippen molar-refractivity contribution in [2.24, 2.45) is 11.7 Å². The molecule has 0 spiro atoms. The number of hydrogen-bond acceptors (Lipinski definition) is 5. The lowest BCUT2D eigenvalue weighted by molar-refractivity contribution is 0.266. The molecule has 3 N–H and O–H groups in total. The van der Waals surface area contributed by atoms with Crippen molar-refractivity contribution >= 4 is 17.3 Å². The van der Waals surface area contributed by atoms with E-state index in [9.17, 15) is 4.79 Å². The molecule has 6 nitrogen and oxygen atoms in total. The smallest absolute Gasteiger partial charge is 0.287 e. The Morgan fingerprint density at radius 2 is 2.37 bits per heavy atom. The molecule has 1 heterocycles. The van der Waals surface area contributed by atoms with Crippen molar-refractivity contribution in [1.82, 2.24) is 9.78 Å². The van der Waals surface area contributed by atoms with E-state index in [4.69, 9.17) is 22.4 Å². The first-order chi connectivity index (χ1) is 9.10. The molecule has 0 aliphatic heterocycles. The average molecular weight is 287 g/mol. The first-order valence-corrected chi connectivity index (χ1v) is 6.77. The summed E-state index contributed by atoms with van der Waals surface area (Å²) >= 11 is 6.12. The molecule has 1 aliphatic carbocycles. The van der Waals surface area contributed by atoms with E-state index in [2.05, 4.69) is 5.10 Å². The fraction of sp³-hybridized carbons (Fsp3) is 0.667. The van der Waals surface area contributed by atoms with E-state index in [0.29, 0.717) is 18.2 Å². The van der Waals surface area contributed by atoms with E-state index >= 15 is 0 Å². The van der Waals surface area contributed by atoms with Gasteiger partial charge >= 0.3 is 0 Å². The number of aliphatic hydroxyl groups excluding tert-OH is 1. The zero-order valence-corrected chi connectivity index (χ0v) is 11.7. The monoisotopic (exact) mass is 286 g/mol. The van der Waals surface area contributed by atoms with Gasteiger partial charge in [-0.15, -0.1) is 0 Å². The molecule has 1 saturated carbocycles. The number of aromatic nitrogens is 2. The van der Waals surface area contributed by atoms with Gasteiger partial charge in [0, 0.05) is 19.6 Å². The molecule has 1 aromatic rings. The summed E-state index contributed by atoms with van der Waals surface area (Å²) in [5.74, 6) is 0.575. The average Bonchev–Trinajstić information content (AvgIpc) is 3.21. The Labute approximate surface area is 116 Å². The van der Waals surface area contributed by atoms with Crippen LogP contribution in [0.2, 0.25) is 5.02 Å². The summed E-state index contributed by atoms with van der Waals surface area (Å²) in [6.45, 7) is 0.522. The minimum absolute atomic E-state index is 0.130. The van der Waals surface area contributed by atoms with Crippen LogP contribution in [0.15, 0.2) is 11.0 Å². The zero-order chi connectivity index (χ0) is 14.0. The van der Waals surface area contributed by atoms with Crippen molar-refractivity contribution in [3.8, 4) is 0 Å². The number of hydrogen-bond donors (Lipinski definition) is 2. The van der Waals surface area contributed by atoms with Crippen LogP contribution in [0.3, 0.4) is 0 Å². The highest BCUT2D eigenvalue weighted by molar-refractivity contribution is 6.33. The summed E-state index contributed by atoms with van der Waals surface area (Å²) < 4.78 is 1.16. The molecular formula is C12H19ClN4O2. The molecule has 0 saturated heterocycles. The highest BCUT2D eigenvalue weighted by Gasteiger charge is 2.34. The van der Waals surface area contributed by atoms with Crippen molar-refractivity contribution in [2.45, 2.75) is 25.4 Å². The second-order valence-corrected chi connectivity index (χ2v) is 5.23. The molecule has 1 unspecified atom stereocenters. The van der Waals surface area contributed by atoms with Gasteiger partial charge in [0.1, 0.15) is 5.02 Å². The van der Waals surface area contributed by atoms with E-state index in [0.717, 1.165) is 4.68 Å².